The molecule has 1 N–H and O–H groups in total. The quantitative estimate of drug-likeness (QED) is 0.866. The summed E-state index contributed by atoms with van der Waals surface area (Å²) in [4.78, 5) is 0. The molecule has 1 aliphatic carbocycles. The summed E-state index contributed by atoms with van der Waals surface area (Å²) >= 11 is 0. The van der Waals surface area contributed by atoms with E-state index in [1.165, 1.54) is 12.1 Å². The Kier molecular flexibility index (Phi) is 2.65. The van der Waals surface area contributed by atoms with Gasteiger partial charge in [0.15, 0.2) is 0 Å². The van der Waals surface area contributed by atoms with Gasteiger partial charge in [0.2, 0.25) is 0 Å². The second kappa shape index (κ2) is 4.19. The average Bonchev–Trinajstić information content (AvgIpc) is 2.88. The van der Waals surface area contributed by atoms with Crippen LogP contribution >= 0.6 is 0 Å². The van der Waals surface area contributed by atoms with Gasteiger partial charge in [-0.1, -0.05) is 36.4 Å². The summed E-state index contributed by atoms with van der Waals surface area (Å²) < 4.78 is 18.8. The van der Waals surface area contributed by atoms with E-state index < -0.39 is 5.60 Å². The first-order chi connectivity index (χ1) is 8.76. The van der Waals surface area contributed by atoms with Crippen molar-refractivity contribution in [3.63, 3.8) is 0 Å². The highest BCUT2D eigenvalue weighted by atomic mass is 19.1. The Morgan fingerprint density at radius 2 is 2.06 bits per heavy atom. The number of hydrogen-bond donors (Lipinski definition) is 1. The Balaban J connectivity index is 2.11. The number of fused-ring (bicyclic) bond motifs is 1. The lowest BCUT2D eigenvalue weighted by Crippen LogP contribution is -2.38. The minimum absolute atomic E-state index is 0.163. The number of allylic oxidation sites excluding steroid dienone is 3. The molecular formula is C15H13FO2. The van der Waals surface area contributed by atoms with Crippen LogP contribution < -0.4 is 0 Å². The fourth-order valence-corrected chi connectivity index (χ4v) is 2.51. The first-order valence-electron chi connectivity index (χ1n) is 5.86. The molecule has 2 aliphatic rings. The van der Waals surface area contributed by atoms with Crippen LogP contribution in [0.2, 0.25) is 0 Å². The number of rotatable bonds is 2. The molecule has 92 valence electrons. The van der Waals surface area contributed by atoms with Gasteiger partial charge in [-0.25, -0.2) is 4.39 Å². The van der Waals surface area contributed by atoms with E-state index in [-0.39, 0.29) is 12.4 Å². The predicted molar refractivity (Wildman–Crippen MR) is 66.4 cm³/mol. The van der Waals surface area contributed by atoms with Crippen molar-refractivity contribution in [3.05, 3.63) is 71.1 Å². The van der Waals surface area contributed by atoms with Crippen LogP contribution in [-0.4, -0.2) is 18.3 Å². The molecular weight excluding hydrogens is 231 g/mol. The van der Waals surface area contributed by atoms with Gasteiger partial charge in [0, 0.05) is 0 Å². The Morgan fingerprint density at radius 1 is 1.28 bits per heavy atom. The molecule has 0 spiro atoms. The number of ether oxygens (including phenoxy) is 1. The summed E-state index contributed by atoms with van der Waals surface area (Å²) in [5.74, 6) is -0.294. The van der Waals surface area contributed by atoms with Crippen LogP contribution in [-0.2, 0) is 10.3 Å². The smallest absolute Gasteiger partial charge is 0.142 e. The fraction of sp³-hybridized carbons (Fsp3) is 0.200. The number of aliphatic hydroxyl groups is 1. The van der Waals surface area contributed by atoms with Crippen LogP contribution in [0.4, 0.5) is 4.39 Å². The molecule has 1 aromatic carbocycles. The highest BCUT2D eigenvalue weighted by molar-refractivity contribution is 5.56. The van der Waals surface area contributed by atoms with Crippen LogP contribution in [0, 0.1) is 5.82 Å². The largest absolute Gasteiger partial charge is 0.393 e. The predicted octanol–water partition coefficient (Wildman–Crippen LogP) is 2.47. The third-order valence-corrected chi connectivity index (χ3v) is 3.45. The van der Waals surface area contributed by atoms with Crippen LogP contribution in [0.3, 0.4) is 0 Å². The van der Waals surface area contributed by atoms with Gasteiger partial charge < -0.3 is 9.84 Å². The first-order valence-corrected chi connectivity index (χ1v) is 5.86. The Morgan fingerprint density at radius 3 is 2.78 bits per heavy atom. The lowest BCUT2D eigenvalue weighted by atomic mass is 9.82. The molecule has 0 saturated heterocycles. The maximum Gasteiger partial charge on any atom is 0.142 e. The molecule has 1 aromatic rings. The molecule has 0 amide bonds. The Labute approximate surface area is 105 Å². The van der Waals surface area contributed by atoms with Crippen molar-refractivity contribution in [1.29, 1.82) is 0 Å². The van der Waals surface area contributed by atoms with Crippen molar-refractivity contribution in [2.75, 3.05) is 13.2 Å². The number of halogens is 1. The minimum Gasteiger partial charge on any atom is -0.393 e. The Bertz CT molecular complexity index is 554. The molecule has 1 unspecified atom stereocenters. The SMILES string of the molecule is OCC1(c2ccc(F)cc2)OCC=C2C=CC=C21. The summed E-state index contributed by atoms with van der Waals surface area (Å²) in [6, 6.07) is 6.09. The van der Waals surface area contributed by atoms with Gasteiger partial charge in [0.05, 0.1) is 13.2 Å². The third-order valence-electron chi connectivity index (χ3n) is 3.45. The second-order valence-corrected chi connectivity index (χ2v) is 4.40. The molecule has 1 atom stereocenters. The third kappa shape index (κ3) is 1.55. The normalized spacial score (nSPS) is 25.7. The van der Waals surface area contributed by atoms with Crippen molar-refractivity contribution in [1.82, 2.24) is 0 Å². The number of hydrogen-bond acceptors (Lipinski definition) is 2. The number of aliphatic hydroxyl groups excluding tert-OH is 1. The second-order valence-electron chi connectivity index (χ2n) is 4.40. The molecule has 0 radical (unpaired) electrons. The van der Waals surface area contributed by atoms with Crippen LogP contribution in [0.15, 0.2) is 59.7 Å². The van der Waals surface area contributed by atoms with Gasteiger partial charge in [0.25, 0.3) is 0 Å². The zero-order valence-electron chi connectivity index (χ0n) is 9.77. The van der Waals surface area contributed by atoms with Crippen molar-refractivity contribution >= 4 is 0 Å². The summed E-state index contributed by atoms with van der Waals surface area (Å²) in [6.07, 6.45) is 7.84. The van der Waals surface area contributed by atoms with Gasteiger partial charge in [-0.3, -0.25) is 0 Å². The van der Waals surface area contributed by atoms with Gasteiger partial charge >= 0.3 is 0 Å². The topological polar surface area (TPSA) is 29.5 Å². The molecule has 2 nitrogen and oxygen atoms in total. The lowest BCUT2D eigenvalue weighted by Gasteiger charge is -2.37. The molecule has 0 saturated carbocycles. The van der Waals surface area contributed by atoms with Gasteiger partial charge in [-0.2, -0.15) is 0 Å². The zero-order valence-corrected chi connectivity index (χ0v) is 9.77. The van der Waals surface area contributed by atoms with E-state index in [1.807, 2.05) is 24.3 Å². The van der Waals surface area contributed by atoms with E-state index in [9.17, 15) is 9.50 Å². The maximum atomic E-state index is 13.0. The molecule has 18 heavy (non-hydrogen) atoms. The van der Waals surface area contributed by atoms with E-state index in [0.717, 1.165) is 16.7 Å². The van der Waals surface area contributed by atoms with Crippen molar-refractivity contribution in [2.45, 2.75) is 5.60 Å². The molecule has 0 aromatic heterocycles. The fourth-order valence-electron chi connectivity index (χ4n) is 2.51. The van der Waals surface area contributed by atoms with E-state index in [4.69, 9.17) is 4.74 Å². The molecule has 1 heterocycles. The first kappa shape index (κ1) is 11.4. The molecule has 3 rings (SSSR count). The van der Waals surface area contributed by atoms with Crippen LogP contribution in [0.1, 0.15) is 5.56 Å². The van der Waals surface area contributed by atoms with Crippen molar-refractivity contribution < 1.29 is 14.2 Å². The molecule has 1 aliphatic heterocycles. The van der Waals surface area contributed by atoms with Gasteiger partial charge in [0.1, 0.15) is 11.4 Å². The highest BCUT2D eigenvalue weighted by Gasteiger charge is 2.40. The maximum absolute atomic E-state index is 13.0. The standard InChI is InChI=1S/C15H13FO2/c16-13-6-4-12(5-7-13)15(10-17)14-3-1-2-11(14)8-9-18-15/h1-8,17H,9-10H2. The van der Waals surface area contributed by atoms with E-state index in [1.54, 1.807) is 12.1 Å². The molecule has 0 bridgehead atoms. The summed E-state index contributed by atoms with van der Waals surface area (Å²) in [6.45, 7) is 0.276. The van der Waals surface area contributed by atoms with Crippen LogP contribution in [0.5, 0.6) is 0 Å². The molecule has 0 fully saturated rings. The highest BCUT2D eigenvalue weighted by Crippen LogP contribution is 2.42. The van der Waals surface area contributed by atoms with E-state index >= 15 is 0 Å². The summed E-state index contributed by atoms with van der Waals surface area (Å²) in [5.41, 5.74) is 1.90. The summed E-state index contributed by atoms with van der Waals surface area (Å²) in [7, 11) is 0. The zero-order chi connectivity index (χ0) is 12.6. The van der Waals surface area contributed by atoms with E-state index in [2.05, 4.69) is 0 Å². The number of benzene rings is 1. The van der Waals surface area contributed by atoms with Crippen molar-refractivity contribution in [2.24, 2.45) is 0 Å². The monoisotopic (exact) mass is 244 g/mol. The van der Waals surface area contributed by atoms with Gasteiger partial charge in [-0.05, 0) is 28.8 Å². The minimum atomic E-state index is -0.874. The van der Waals surface area contributed by atoms with Gasteiger partial charge in [-0.15, -0.1) is 0 Å². The van der Waals surface area contributed by atoms with E-state index in [0.29, 0.717) is 6.61 Å². The lowest BCUT2D eigenvalue weighted by molar-refractivity contribution is -0.0488. The summed E-state index contributed by atoms with van der Waals surface area (Å²) in [5, 5.41) is 9.80. The molecule has 3 heteroatoms. The van der Waals surface area contributed by atoms with Crippen molar-refractivity contribution in [3.8, 4) is 0 Å². The van der Waals surface area contributed by atoms with Crippen LogP contribution in [0.25, 0.3) is 0 Å². The Hall–Kier alpha value is -1.71. The average molecular weight is 244 g/mol.